The molecular weight excluding hydrogens is 398 g/mol. The van der Waals surface area contributed by atoms with Gasteiger partial charge in [-0.05, 0) is 23.8 Å². The topological polar surface area (TPSA) is 125 Å². The molecule has 0 aliphatic rings. The van der Waals surface area contributed by atoms with E-state index in [1.165, 1.54) is 38.1 Å². The molecular formula is C19H23N3O6S. The van der Waals surface area contributed by atoms with Gasteiger partial charge < -0.3 is 20.1 Å². The van der Waals surface area contributed by atoms with E-state index in [9.17, 15) is 23.1 Å². The van der Waals surface area contributed by atoms with Gasteiger partial charge in [0.25, 0.3) is 0 Å². The Balaban J connectivity index is 2.41. The van der Waals surface area contributed by atoms with Gasteiger partial charge in [-0.1, -0.05) is 12.1 Å². The van der Waals surface area contributed by atoms with Crippen molar-refractivity contribution in [2.75, 3.05) is 30.4 Å². The van der Waals surface area contributed by atoms with Gasteiger partial charge in [0.15, 0.2) is 0 Å². The molecule has 0 fully saturated rings. The van der Waals surface area contributed by atoms with Crippen molar-refractivity contribution in [1.82, 2.24) is 4.90 Å². The summed E-state index contributed by atoms with van der Waals surface area (Å²) < 4.78 is 30.5. The van der Waals surface area contributed by atoms with Crippen LogP contribution in [0.25, 0.3) is 0 Å². The second-order valence-corrected chi connectivity index (χ2v) is 8.42. The predicted molar refractivity (Wildman–Crippen MR) is 110 cm³/mol. The number of carbonyl (C=O) groups excluding carboxylic acids is 2. The van der Waals surface area contributed by atoms with Crippen molar-refractivity contribution >= 4 is 33.4 Å². The maximum absolute atomic E-state index is 11.9. The largest absolute Gasteiger partial charge is 0.505 e. The Kier molecular flexibility index (Phi) is 6.70. The lowest BCUT2D eigenvalue weighted by Crippen LogP contribution is -2.25. The molecule has 29 heavy (non-hydrogen) atoms. The van der Waals surface area contributed by atoms with Crippen LogP contribution in [0.4, 0.5) is 16.2 Å². The average molecular weight is 421 g/mol. The molecule has 0 radical (unpaired) electrons. The maximum Gasteiger partial charge on any atom is 0.414 e. The van der Waals surface area contributed by atoms with Gasteiger partial charge >= 0.3 is 6.09 Å². The predicted octanol–water partition coefficient (Wildman–Crippen LogP) is 2.37. The smallest absolute Gasteiger partial charge is 0.414 e. The number of aromatic hydroxyl groups is 1. The van der Waals surface area contributed by atoms with Crippen molar-refractivity contribution in [2.45, 2.75) is 13.3 Å². The third-order valence-electron chi connectivity index (χ3n) is 3.67. The highest BCUT2D eigenvalue weighted by Gasteiger charge is 2.16. The Morgan fingerprint density at radius 1 is 1.17 bits per heavy atom. The summed E-state index contributed by atoms with van der Waals surface area (Å²) in [5, 5.41) is 13.0. The van der Waals surface area contributed by atoms with Gasteiger partial charge in [0.05, 0.1) is 11.9 Å². The van der Waals surface area contributed by atoms with Crippen molar-refractivity contribution in [2.24, 2.45) is 0 Å². The number of sulfonamides is 1. The van der Waals surface area contributed by atoms with Crippen LogP contribution in [0.3, 0.4) is 0 Å². The lowest BCUT2D eigenvalue weighted by molar-refractivity contribution is -0.114. The number of rotatable bonds is 6. The lowest BCUT2D eigenvalue weighted by Gasteiger charge is -2.16. The fourth-order valence-electron chi connectivity index (χ4n) is 2.51. The molecule has 2 amide bonds. The summed E-state index contributed by atoms with van der Waals surface area (Å²) in [7, 11) is -0.380. The minimum Gasteiger partial charge on any atom is -0.505 e. The Morgan fingerprint density at radius 2 is 1.86 bits per heavy atom. The second-order valence-electron chi connectivity index (χ2n) is 6.67. The average Bonchev–Trinajstić information content (AvgIpc) is 2.57. The number of hydrogen-bond acceptors (Lipinski definition) is 6. The molecule has 156 valence electrons. The van der Waals surface area contributed by atoms with Crippen molar-refractivity contribution in [3.63, 3.8) is 0 Å². The summed E-state index contributed by atoms with van der Waals surface area (Å²) in [6.45, 7) is 1.29. The number of hydrogen-bond donors (Lipinski definition) is 3. The summed E-state index contributed by atoms with van der Waals surface area (Å²) in [5.41, 5.74) is 1.55. The summed E-state index contributed by atoms with van der Waals surface area (Å²) in [6, 6.07) is 9.48. The molecule has 0 saturated heterocycles. The van der Waals surface area contributed by atoms with E-state index < -0.39 is 22.0 Å². The van der Waals surface area contributed by atoms with Crippen molar-refractivity contribution in [1.29, 1.82) is 0 Å². The van der Waals surface area contributed by atoms with E-state index in [0.29, 0.717) is 16.8 Å². The first kappa shape index (κ1) is 22.0. The van der Waals surface area contributed by atoms with Crippen LogP contribution in [-0.2, 0) is 21.2 Å². The molecule has 0 atom stereocenters. The molecule has 10 heteroatoms. The number of ether oxygens (including phenoxy) is 1. The first-order valence-electron chi connectivity index (χ1n) is 8.54. The number of carbonyl (C=O) groups is 2. The molecule has 0 heterocycles. The van der Waals surface area contributed by atoms with Crippen LogP contribution in [0, 0.1) is 0 Å². The van der Waals surface area contributed by atoms with Crippen LogP contribution in [0.15, 0.2) is 36.4 Å². The molecule has 0 bridgehead atoms. The quantitative estimate of drug-likeness (QED) is 0.615. The zero-order chi connectivity index (χ0) is 21.8. The van der Waals surface area contributed by atoms with Gasteiger partial charge in [-0.25, -0.2) is 13.2 Å². The molecule has 0 unspecified atom stereocenters. The zero-order valence-electron chi connectivity index (χ0n) is 16.5. The zero-order valence-corrected chi connectivity index (χ0v) is 17.3. The number of amides is 2. The number of benzene rings is 2. The Bertz CT molecular complexity index is 1030. The molecule has 0 spiro atoms. The fraction of sp³-hybridized carbons (Fsp3) is 0.263. The van der Waals surface area contributed by atoms with Gasteiger partial charge in [0, 0.05) is 44.8 Å². The molecule has 0 aromatic heterocycles. The molecule has 3 N–H and O–H groups in total. The molecule has 0 aliphatic carbocycles. The van der Waals surface area contributed by atoms with Crippen molar-refractivity contribution < 1.29 is 27.9 Å². The maximum atomic E-state index is 11.9. The second kappa shape index (κ2) is 8.82. The van der Waals surface area contributed by atoms with E-state index in [2.05, 4.69) is 10.0 Å². The van der Waals surface area contributed by atoms with Gasteiger partial charge in [-0.3, -0.25) is 9.52 Å². The Labute approximate surface area is 169 Å². The summed E-state index contributed by atoms with van der Waals surface area (Å²) >= 11 is 0. The fourth-order valence-corrected chi connectivity index (χ4v) is 3.07. The number of anilines is 2. The van der Waals surface area contributed by atoms with E-state index in [4.69, 9.17) is 4.74 Å². The van der Waals surface area contributed by atoms with Crippen LogP contribution < -0.4 is 14.8 Å². The highest BCUT2D eigenvalue weighted by Crippen LogP contribution is 2.35. The van der Waals surface area contributed by atoms with E-state index >= 15 is 0 Å². The first-order chi connectivity index (χ1) is 13.4. The van der Waals surface area contributed by atoms with Gasteiger partial charge in [0.2, 0.25) is 15.9 Å². The lowest BCUT2D eigenvalue weighted by atomic mass is 10.0. The van der Waals surface area contributed by atoms with Gasteiger partial charge in [-0.15, -0.1) is 0 Å². The van der Waals surface area contributed by atoms with Crippen molar-refractivity contribution in [3.8, 4) is 11.5 Å². The monoisotopic (exact) mass is 421 g/mol. The molecule has 2 aromatic rings. The summed E-state index contributed by atoms with van der Waals surface area (Å²) in [6.07, 6.45) is 0.633. The minimum absolute atomic E-state index is 0.0990. The third-order valence-corrected chi connectivity index (χ3v) is 4.27. The standard InChI is InChI=1S/C19H23N3O6S/c1-12(23)20-17-11-16(28-19(25)22(2)3)10-14(18(17)24)8-13-6-5-7-15(9-13)21-29(4,26)27/h5-7,9-11,21,24H,8H2,1-4H3,(H,20,23). The number of phenolic OH excluding ortho intramolecular Hbond substituents is 1. The molecule has 2 aromatic carbocycles. The summed E-state index contributed by atoms with van der Waals surface area (Å²) in [5.74, 6) is -0.432. The van der Waals surface area contributed by atoms with E-state index in [1.54, 1.807) is 24.3 Å². The first-order valence-corrected chi connectivity index (χ1v) is 10.4. The molecule has 0 aliphatic heterocycles. The van der Waals surface area contributed by atoms with Crippen LogP contribution in [-0.4, -0.2) is 50.8 Å². The van der Waals surface area contributed by atoms with Gasteiger partial charge in [-0.2, -0.15) is 0 Å². The number of nitrogens with one attached hydrogen (secondary N) is 2. The minimum atomic E-state index is -3.43. The van der Waals surface area contributed by atoms with Gasteiger partial charge in [0.1, 0.15) is 11.5 Å². The Hall–Kier alpha value is -3.27. The molecule has 0 saturated carbocycles. The number of nitrogens with zero attached hydrogens (tertiary/aromatic N) is 1. The Morgan fingerprint density at radius 3 is 2.45 bits per heavy atom. The molecule has 2 rings (SSSR count). The highest BCUT2D eigenvalue weighted by molar-refractivity contribution is 7.92. The van der Waals surface area contributed by atoms with Crippen LogP contribution in [0.5, 0.6) is 11.5 Å². The van der Waals surface area contributed by atoms with E-state index in [1.807, 2.05) is 0 Å². The third kappa shape index (κ3) is 6.68. The normalized spacial score (nSPS) is 10.9. The van der Waals surface area contributed by atoms with E-state index in [-0.39, 0.29) is 23.6 Å². The van der Waals surface area contributed by atoms with Crippen LogP contribution in [0.2, 0.25) is 0 Å². The SMILES string of the molecule is CC(=O)Nc1cc(OC(=O)N(C)C)cc(Cc2cccc(NS(C)(=O)=O)c2)c1O. The summed E-state index contributed by atoms with van der Waals surface area (Å²) in [4.78, 5) is 24.6. The highest BCUT2D eigenvalue weighted by atomic mass is 32.2. The van der Waals surface area contributed by atoms with E-state index in [0.717, 1.165) is 6.26 Å². The van der Waals surface area contributed by atoms with Crippen molar-refractivity contribution in [3.05, 3.63) is 47.5 Å². The molecule has 9 nitrogen and oxygen atoms in total. The van der Waals surface area contributed by atoms with Crippen LogP contribution >= 0.6 is 0 Å². The number of phenols is 1. The van der Waals surface area contributed by atoms with Crippen LogP contribution in [0.1, 0.15) is 18.1 Å².